The smallest absolute Gasteiger partial charge is 0.227 e. The second-order valence-electron chi connectivity index (χ2n) is 9.12. The van der Waals surface area contributed by atoms with Crippen molar-refractivity contribution >= 4 is 23.4 Å². The van der Waals surface area contributed by atoms with E-state index in [9.17, 15) is 0 Å². The molecule has 4 rings (SSSR count). The minimum absolute atomic E-state index is 0.494. The summed E-state index contributed by atoms with van der Waals surface area (Å²) in [5.41, 5.74) is 1.18. The summed E-state index contributed by atoms with van der Waals surface area (Å²) >= 11 is 6.23. The van der Waals surface area contributed by atoms with E-state index in [2.05, 4.69) is 50.2 Å². The van der Waals surface area contributed by atoms with Gasteiger partial charge in [-0.05, 0) is 63.2 Å². The van der Waals surface area contributed by atoms with Crippen LogP contribution in [0.3, 0.4) is 0 Å². The van der Waals surface area contributed by atoms with Crippen LogP contribution >= 0.6 is 11.6 Å². The van der Waals surface area contributed by atoms with Crippen LogP contribution in [0.15, 0.2) is 31.1 Å². The fourth-order valence-electron chi connectivity index (χ4n) is 4.94. The van der Waals surface area contributed by atoms with Crippen molar-refractivity contribution < 1.29 is 0 Å². The zero-order chi connectivity index (χ0) is 20.4. The number of hydrogen-bond donors (Lipinski definition) is 1. The zero-order valence-electron chi connectivity index (χ0n) is 17.5. The number of nitrogens with zero attached hydrogens (tertiary/aromatic N) is 5. The highest BCUT2D eigenvalue weighted by Gasteiger charge is 2.45. The topological polar surface area (TPSA) is 47.5 Å². The summed E-state index contributed by atoms with van der Waals surface area (Å²) in [6.45, 7) is 15.9. The van der Waals surface area contributed by atoms with Crippen molar-refractivity contribution in [3.05, 3.63) is 36.2 Å². The van der Waals surface area contributed by atoms with E-state index in [0.29, 0.717) is 22.0 Å². The Hall–Kier alpha value is -1.63. The lowest BCUT2D eigenvalue weighted by atomic mass is 9.71. The molecule has 3 fully saturated rings. The molecular weight excluding hydrogens is 384 g/mol. The van der Waals surface area contributed by atoms with Crippen LogP contribution in [0.25, 0.3) is 0 Å². The number of aromatic nitrogens is 2. The van der Waals surface area contributed by atoms with Crippen LogP contribution < -0.4 is 10.2 Å². The van der Waals surface area contributed by atoms with Crippen molar-refractivity contribution in [1.82, 2.24) is 19.8 Å². The maximum Gasteiger partial charge on any atom is 0.227 e. The number of nitrogens with one attached hydrogen (secondary N) is 1. The molecule has 3 saturated heterocycles. The average molecular weight is 417 g/mol. The Labute approximate surface area is 179 Å². The Balaban J connectivity index is 1.27. The molecule has 0 radical (unpaired) electrons. The quantitative estimate of drug-likeness (QED) is 0.716. The van der Waals surface area contributed by atoms with E-state index < -0.39 is 0 Å². The molecule has 3 aliphatic rings. The van der Waals surface area contributed by atoms with Gasteiger partial charge in [0.2, 0.25) is 5.95 Å². The first-order valence-electron chi connectivity index (χ1n) is 10.7. The molecule has 0 saturated carbocycles. The van der Waals surface area contributed by atoms with E-state index in [-0.39, 0.29) is 0 Å². The molecule has 0 bridgehead atoms. The molecule has 1 aromatic heterocycles. The molecule has 0 aliphatic carbocycles. The molecular formula is C22H33ClN6. The largest absolute Gasteiger partial charge is 0.341 e. The van der Waals surface area contributed by atoms with Crippen molar-refractivity contribution in [1.29, 1.82) is 0 Å². The number of hydrogen-bond acceptors (Lipinski definition) is 6. The van der Waals surface area contributed by atoms with E-state index >= 15 is 0 Å². The molecule has 7 heteroatoms. The van der Waals surface area contributed by atoms with Gasteiger partial charge in [0, 0.05) is 38.4 Å². The maximum atomic E-state index is 6.23. The Kier molecular flexibility index (Phi) is 6.13. The third kappa shape index (κ3) is 4.76. The van der Waals surface area contributed by atoms with Gasteiger partial charge in [-0.3, -0.25) is 0 Å². The fourth-order valence-corrected chi connectivity index (χ4v) is 5.08. The summed E-state index contributed by atoms with van der Waals surface area (Å²) in [5.74, 6) is 2.23. The zero-order valence-corrected chi connectivity index (χ0v) is 18.3. The van der Waals surface area contributed by atoms with E-state index in [0.717, 1.165) is 25.0 Å². The molecule has 1 N–H and O–H groups in total. The van der Waals surface area contributed by atoms with Gasteiger partial charge in [0.05, 0.1) is 6.20 Å². The number of likely N-dealkylation sites (tertiary alicyclic amines) is 2. The van der Waals surface area contributed by atoms with Crippen molar-refractivity contribution in [2.24, 2.45) is 11.3 Å². The van der Waals surface area contributed by atoms with Crippen LogP contribution in [0.2, 0.25) is 5.02 Å². The molecule has 4 heterocycles. The normalized spacial score (nSPS) is 23.0. The first-order chi connectivity index (χ1) is 14.0. The number of allylic oxidation sites excluding steroid dienone is 1. The second-order valence-corrected chi connectivity index (χ2v) is 9.53. The minimum atomic E-state index is 0.494. The van der Waals surface area contributed by atoms with E-state index in [1.807, 2.05) is 0 Å². The van der Waals surface area contributed by atoms with Crippen LogP contribution in [-0.2, 0) is 0 Å². The highest BCUT2D eigenvalue weighted by molar-refractivity contribution is 6.32. The van der Waals surface area contributed by atoms with Gasteiger partial charge in [0.15, 0.2) is 5.82 Å². The SMILES string of the molecule is C=CC(=C)Nc1nc(N2CCC3(CC2)CN(CC2CCN(C)CC2)C3)ncc1Cl. The van der Waals surface area contributed by atoms with Crippen molar-refractivity contribution in [3.63, 3.8) is 0 Å². The number of rotatable bonds is 6. The van der Waals surface area contributed by atoms with E-state index in [1.54, 1.807) is 12.3 Å². The van der Waals surface area contributed by atoms with Crippen LogP contribution in [-0.4, -0.2) is 72.6 Å². The lowest BCUT2D eigenvalue weighted by molar-refractivity contribution is -0.0322. The molecule has 3 aliphatic heterocycles. The average Bonchev–Trinajstić information content (AvgIpc) is 2.70. The van der Waals surface area contributed by atoms with Gasteiger partial charge in [-0.1, -0.05) is 24.8 Å². The van der Waals surface area contributed by atoms with E-state index in [4.69, 9.17) is 11.6 Å². The first-order valence-corrected chi connectivity index (χ1v) is 11.1. The minimum Gasteiger partial charge on any atom is -0.341 e. The molecule has 29 heavy (non-hydrogen) atoms. The lowest BCUT2D eigenvalue weighted by Gasteiger charge is -2.55. The van der Waals surface area contributed by atoms with Crippen LogP contribution in [0.4, 0.5) is 11.8 Å². The maximum absolute atomic E-state index is 6.23. The summed E-state index contributed by atoms with van der Waals surface area (Å²) in [7, 11) is 2.24. The Morgan fingerprint density at radius 3 is 2.62 bits per heavy atom. The van der Waals surface area contributed by atoms with Crippen LogP contribution in [0.5, 0.6) is 0 Å². The Morgan fingerprint density at radius 2 is 1.97 bits per heavy atom. The third-order valence-electron chi connectivity index (χ3n) is 6.84. The van der Waals surface area contributed by atoms with Gasteiger partial charge in [-0.2, -0.15) is 4.98 Å². The third-order valence-corrected chi connectivity index (χ3v) is 7.11. The summed E-state index contributed by atoms with van der Waals surface area (Å²) in [6.07, 6.45) is 8.46. The number of piperidine rings is 2. The summed E-state index contributed by atoms with van der Waals surface area (Å²) in [5, 5.41) is 3.59. The lowest BCUT2D eigenvalue weighted by Crippen LogP contribution is -2.61. The molecule has 0 aromatic carbocycles. The summed E-state index contributed by atoms with van der Waals surface area (Å²) in [6, 6.07) is 0. The highest BCUT2D eigenvalue weighted by Crippen LogP contribution is 2.41. The van der Waals surface area contributed by atoms with Crippen molar-refractivity contribution in [3.8, 4) is 0 Å². The molecule has 1 aromatic rings. The van der Waals surface area contributed by atoms with E-state index in [1.165, 1.54) is 58.4 Å². The van der Waals surface area contributed by atoms with Gasteiger partial charge in [0.25, 0.3) is 0 Å². The van der Waals surface area contributed by atoms with Crippen LogP contribution in [0, 0.1) is 11.3 Å². The molecule has 1 spiro atoms. The standard InChI is InChI=1S/C22H33ClN6/c1-4-17(2)25-20-19(23)13-24-21(26-20)29-11-7-22(8-12-29)15-28(16-22)14-18-5-9-27(3)10-6-18/h4,13,18H,1-2,5-12,14-16H2,3H3,(H,24,25,26). The molecule has 0 amide bonds. The molecule has 0 atom stereocenters. The summed E-state index contributed by atoms with van der Waals surface area (Å²) in [4.78, 5) is 16.5. The van der Waals surface area contributed by atoms with Gasteiger partial charge in [0.1, 0.15) is 5.02 Å². The summed E-state index contributed by atoms with van der Waals surface area (Å²) < 4.78 is 0. The first kappa shape index (κ1) is 20.6. The molecule has 6 nitrogen and oxygen atoms in total. The highest BCUT2D eigenvalue weighted by atomic mass is 35.5. The van der Waals surface area contributed by atoms with Crippen molar-refractivity contribution in [2.75, 3.05) is 63.1 Å². The van der Waals surface area contributed by atoms with Crippen LogP contribution in [0.1, 0.15) is 25.7 Å². The van der Waals surface area contributed by atoms with Gasteiger partial charge >= 0.3 is 0 Å². The Morgan fingerprint density at radius 1 is 1.28 bits per heavy atom. The van der Waals surface area contributed by atoms with Crippen molar-refractivity contribution in [2.45, 2.75) is 25.7 Å². The predicted octanol–water partition coefficient (Wildman–Crippen LogP) is 3.49. The number of anilines is 2. The number of halogens is 1. The molecule has 0 unspecified atom stereocenters. The second kappa shape index (κ2) is 8.62. The van der Waals surface area contributed by atoms with Gasteiger partial charge in [-0.15, -0.1) is 0 Å². The fraction of sp³-hybridized carbons (Fsp3) is 0.636. The van der Waals surface area contributed by atoms with Gasteiger partial charge in [-0.25, -0.2) is 4.98 Å². The predicted molar refractivity (Wildman–Crippen MR) is 121 cm³/mol. The Bertz CT molecular complexity index is 742. The monoisotopic (exact) mass is 416 g/mol. The van der Waals surface area contributed by atoms with Gasteiger partial charge < -0.3 is 20.0 Å². The molecule has 158 valence electrons.